The lowest BCUT2D eigenvalue weighted by molar-refractivity contribution is -0.140. The molecule has 102 valence electrons. The van der Waals surface area contributed by atoms with E-state index in [2.05, 4.69) is 15.0 Å². The number of methoxy groups -OCH3 is 1. The molecular formula is C10H16ClN3O3S. The molecule has 1 rings (SSSR count). The number of aromatic nitrogens is 1. The van der Waals surface area contributed by atoms with E-state index in [1.165, 1.54) is 18.4 Å². The zero-order valence-corrected chi connectivity index (χ0v) is 11.6. The van der Waals surface area contributed by atoms with Crippen LogP contribution in [0.1, 0.15) is 21.9 Å². The molecule has 1 heterocycles. The topological polar surface area (TPSA) is 94.3 Å². The van der Waals surface area contributed by atoms with Gasteiger partial charge in [0.1, 0.15) is 5.69 Å². The van der Waals surface area contributed by atoms with Crippen LogP contribution in [0.3, 0.4) is 0 Å². The number of thiazole rings is 1. The third-order valence-corrected chi connectivity index (χ3v) is 2.89. The Kier molecular flexibility index (Phi) is 8.27. The van der Waals surface area contributed by atoms with Gasteiger partial charge in [-0.05, 0) is 6.54 Å². The van der Waals surface area contributed by atoms with Gasteiger partial charge in [-0.1, -0.05) is 0 Å². The van der Waals surface area contributed by atoms with E-state index in [-0.39, 0.29) is 37.2 Å². The number of hydrogen-bond donors (Lipinski definition) is 2. The fraction of sp³-hybridized carbons (Fsp3) is 0.500. The molecule has 6 nitrogen and oxygen atoms in total. The van der Waals surface area contributed by atoms with Gasteiger partial charge in [0, 0.05) is 18.3 Å². The zero-order valence-electron chi connectivity index (χ0n) is 9.97. The van der Waals surface area contributed by atoms with Crippen LogP contribution in [0.5, 0.6) is 0 Å². The Morgan fingerprint density at radius 3 is 2.89 bits per heavy atom. The second-order valence-corrected chi connectivity index (χ2v) is 4.19. The molecule has 0 saturated carbocycles. The lowest BCUT2D eigenvalue weighted by Crippen LogP contribution is -2.26. The van der Waals surface area contributed by atoms with E-state index in [1.807, 2.05) is 0 Å². The van der Waals surface area contributed by atoms with E-state index >= 15 is 0 Å². The highest BCUT2D eigenvalue weighted by Crippen LogP contribution is 2.09. The maximum Gasteiger partial charge on any atom is 0.307 e. The normalized spacial score (nSPS) is 9.44. The van der Waals surface area contributed by atoms with Gasteiger partial charge >= 0.3 is 5.97 Å². The Morgan fingerprint density at radius 2 is 2.28 bits per heavy atom. The lowest BCUT2D eigenvalue weighted by atomic mass is 10.4. The second kappa shape index (κ2) is 8.84. The monoisotopic (exact) mass is 293 g/mol. The van der Waals surface area contributed by atoms with Gasteiger partial charge in [-0.15, -0.1) is 23.7 Å². The Balaban J connectivity index is 0.00000289. The van der Waals surface area contributed by atoms with Crippen molar-refractivity contribution < 1.29 is 14.3 Å². The molecule has 0 aliphatic rings. The number of carbonyl (C=O) groups excluding carboxylic acids is 2. The number of rotatable bonds is 6. The molecule has 0 spiro atoms. The molecule has 3 N–H and O–H groups in total. The molecule has 0 bridgehead atoms. The zero-order chi connectivity index (χ0) is 12.7. The van der Waals surface area contributed by atoms with Crippen LogP contribution in [0.25, 0.3) is 0 Å². The van der Waals surface area contributed by atoms with Gasteiger partial charge in [0.25, 0.3) is 5.91 Å². The van der Waals surface area contributed by atoms with Crippen molar-refractivity contribution in [2.45, 2.75) is 12.8 Å². The molecule has 8 heteroatoms. The van der Waals surface area contributed by atoms with Gasteiger partial charge in [0.2, 0.25) is 0 Å². The standard InChI is InChI=1S/C10H15N3O3S.ClH/c1-16-9(14)3-5-12-10(15)7-6-17-8(13-7)2-4-11;/h6H,2-5,11H2,1H3,(H,12,15);1H. The van der Waals surface area contributed by atoms with E-state index in [1.54, 1.807) is 5.38 Å². The number of nitrogens with one attached hydrogen (secondary N) is 1. The fourth-order valence-corrected chi connectivity index (χ4v) is 1.92. The number of carbonyl (C=O) groups is 2. The van der Waals surface area contributed by atoms with Gasteiger partial charge < -0.3 is 15.8 Å². The summed E-state index contributed by atoms with van der Waals surface area (Å²) in [6, 6.07) is 0. The molecule has 0 unspecified atom stereocenters. The molecule has 0 saturated heterocycles. The summed E-state index contributed by atoms with van der Waals surface area (Å²) in [7, 11) is 1.31. The first kappa shape index (κ1) is 16.8. The van der Waals surface area contributed by atoms with Gasteiger partial charge in [-0.2, -0.15) is 0 Å². The highest BCUT2D eigenvalue weighted by atomic mass is 35.5. The number of hydrogen-bond acceptors (Lipinski definition) is 6. The van der Waals surface area contributed by atoms with Crippen LogP contribution < -0.4 is 11.1 Å². The number of halogens is 1. The molecule has 0 fully saturated rings. The molecule has 0 aromatic carbocycles. The van der Waals surface area contributed by atoms with Crippen molar-refractivity contribution in [3.8, 4) is 0 Å². The van der Waals surface area contributed by atoms with Crippen molar-refractivity contribution in [3.05, 3.63) is 16.1 Å². The predicted octanol–water partition coefficient (Wildman–Crippen LogP) is 0.359. The van der Waals surface area contributed by atoms with E-state index in [4.69, 9.17) is 5.73 Å². The molecule has 1 aromatic heterocycles. The Hall–Kier alpha value is -1.18. The van der Waals surface area contributed by atoms with Gasteiger partial charge in [-0.25, -0.2) is 4.98 Å². The average Bonchev–Trinajstić information content (AvgIpc) is 2.78. The number of ether oxygens (including phenoxy) is 1. The third kappa shape index (κ3) is 5.44. The first-order chi connectivity index (χ1) is 8.17. The van der Waals surface area contributed by atoms with E-state index in [9.17, 15) is 9.59 Å². The third-order valence-electron chi connectivity index (χ3n) is 1.98. The van der Waals surface area contributed by atoms with Crippen molar-refractivity contribution in [1.82, 2.24) is 10.3 Å². The van der Waals surface area contributed by atoms with Crippen molar-refractivity contribution in [3.63, 3.8) is 0 Å². The van der Waals surface area contributed by atoms with Crippen molar-refractivity contribution >= 4 is 35.6 Å². The molecule has 0 aliphatic carbocycles. The summed E-state index contributed by atoms with van der Waals surface area (Å²) in [6.45, 7) is 0.756. The minimum Gasteiger partial charge on any atom is -0.469 e. The van der Waals surface area contributed by atoms with Crippen LogP contribution >= 0.6 is 23.7 Å². The SMILES string of the molecule is COC(=O)CCNC(=O)c1csc(CCN)n1.Cl. The highest BCUT2D eigenvalue weighted by Gasteiger charge is 2.10. The largest absolute Gasteiger partial charge is 0.469 e. The summed E-state index contributed by atoms with van der Waals surface area (Å²) >= 11 is 1.40. The molecule has 1 aromatic rings. The van der Waals surface area contributed by atoms with Crippen LogP contribution in [0.15, 0.2) is 5.38 Å². The number of amides is 1. The maximum absolute atomic E-state index is 11.6. The van der Waals surface area contributed by atoms with Crippen LogP contribution in [0, 0.1) is 0 Å². The van der Waals surface area contributed by atoms with Crippen LogP contribution in [-0.4, -0.2) is 37.1 Å². The summed E-state index contributed by atoms with van der Waals surface area (Å²) in [5.74, 6) is -0.638. The van der Waals surface area contributed by atoms with E-state index < -0.39 is 0 Å². The smallest absolute Gasteiger partial charge is 0.307 e. The molecule has 1 amide bonds. The van der Waals surface area contributed by atoms with Crippen molar-refractivity contribution in [1.29, 1.82) is 0 Å². The molecule has 0 aliphatic heterocycles. The van der Waals surface area contributed by atoms with E-state index in [0.717, 1.165) is 5.01 Å². The van der Waals surface area contributed by atoms with Gasteiger partial charge in [0.05, 0.1) is 18.5 Å². The summed E-state index contributed by atoms with van der Waals surface area (Å²) in [5.41, 5.74) is 5.75. The minimum atomic E-state index is -0.354. The number of esters is 1. The molecular weight excluding hydrogens is 278 g/mol. The summed E-state index contributed by atoms with van der Waals surface area (Å²) in [5, 5.41) is 5.11. The summed E-state index contributed by atoms with van der Waals surface area (Å²) < 4.78 is 4.46. The second-order valence-electron chi connectivity index (χ2n) is 3.25. The molecule has 0 radical (unpaired) electrons. The first-order valence-corrected chi connectivity index (χ1v) is 6.04. The summed E-state index contributed by atoms with van der Waals surface area (Å²) in [6.07, 6.45) is 0.822. The highest BCUT2D eigenvalue weighted by molar-refractivity contribution is 7.09. The minimum absolute atomic E-state index is 0. The number of nitrogens with two attached hydrogens (primary N) is 1. The quantitative estimate of drug-likeness (QED) is 0.739. The predicted molar refractivity (Wildman–Crippen MR) is 71.1 cm³/mol. The van der Waals surface area contributed by atoms with E-state index in [0.29, 0.717) is 18.7 Å². The maximum atomic E-state index is 11.6. The Bertz CT molecular complexity index is 397. The Morgan fingerprint density at radius 1 is 1.56 bits per heavy atom. The molecule has 18 heavy (non-hydrogen) atoms. The first-order valence-electron chi connectivity index (χ1n) is 5.17. The van der Waals surface area contributed by atoms with Crippen molar-refractivity contribution in [2.75, 3.05) is 20.2 Å². The number of nitrogens with zero attached hydrogens (tertiary/aromatic N) is 1. The van der Waals surface area contributed by atoms with Crippen LogP contribution in [0.2, 0.25) is 0 Å². The fourth-order valence-electron chi connectivity index (χ4n) is 1.12. The van der Waals surface area contributed by atoms with Crippen LogP contribution in [0.4, 0.5) is 0 Å². The molecule has 0 atom stereocenters. The van der Waals surface area contributed by atoms with Gasteiger partial charge in [0.15, 0.2) is 0 Å². The van der Waals surface area contributed by atoms with Gasteiger partial charge in [-0.3, -0.25) is 9.59 Å². The summed E-state index contributed by atoms with van der Waals surface area (Å²) in [4.78, 5) is 26.5. The Labute approximate surface area is 115 Å². The lowest BCUT2D eigenvalue weighted by Gasteiger charge is -2.01. The van der Waals surface area contributed by atoms with Crippen LogP contribution in [-0.2, 0) is 16.0 Å². The average molecular weight is 294 g/mol. The van der Waals surface area contributed by atoms with Crippen molar-refractivity contribution in [2.24, 2.45) is 5.73 Å².